The molecule has 0 amide bonds. The fourth-order valence-electron chi connectivity index (χ4n) is 0.726. The van der Waals surface area contributed by atoms with Crippen LogP contribution in [0.15, 0.2) is 23.1 Å². The van der Waals surface area contributed by atoms with Gasteiger partial charge in [0.25, 0.3) is 0 Å². The minimum Gasteiger partial charge on any atom is -1.00 e. The fraction of sp³-hybridized carbons (Fsp3) is 0.125. The zero-order valence-electron chi connectivity index (χ0n) is 7.97. The summed E-state index contributed by atoms with van der Waals surface area (Å²) in [6.45, 7) is 1.50. The van der Waals surface area contributed by atoms with Gasteiger partial charge in [0.05, 0.1) is 5.02 Å². The van der Waals surface area contributed by atoms with Crippen LogP contribution in [0.1, 0.15) is 18.7 Å². The van der Waals surface area contributed by atoms with Crippen LogP contribution in [0.5, 0.6) is 0 Å². The third-order valence-corrected chi connectivity index (χ3v) is 2.19. The summed E-state index contributed by atoms with van der Waals surface area (Å²) < 4.78 is 0. The molecule has 1 nitrogen and oxygen atoms in total. The summed E-state index contributed by atoms with van der Waals surface area (Å²) >= 11 is 9.80. The summed E-state index contributed by atoms with van der Waals surface area (Å²) in [5, 5.41) is 0.515. The number of ketones is 1. The number of halogens is 1. The predicted octanol–water partition coefficient (Wildman–Crippen LogP) is -0.0522. The van der Waals surface area contributed by atoms with Gasteiger partial charge in [0.1, 0.15) is 0 Å². The molecule has 60 valence electrons. The fourth-order valence-corrected chi connectivity index (χ4v) is 1.05. The number of thiol groups is 1. The van der Waals surface area contributed by atoms with Gasteiger partial charge in [0.15, 0.2) is 5.78 Å². The molecule has 0 saturated carbocycles. The van der Waals surface area contributed by atoms with Crippen molar-refractivity contribution in [3.63, 3.8) is 0 Å². The Kier molecular flexibility index (Phi) is 5.53. The number of rotatable bonds is 1. The molecule has 0 saturated heterocycles. The number of Topliss-reactive ketones (excluding diaryl/α,β-unsaturated/α-hetero) is 1. The summed E-state index contributed by atoms with van der Waals surface area (Å²) in [4.78, 5) is 11.5. The molecule has 0 radical (unpaired) electrons. The first kappa shape index (κ1) is 12.5. The maximum Gasteiger partial charge on any atom is 1.00 e. The second-order valence-electron chi connectivity index (χ2n) is 2.22. The summed E-state index contributed by atoms with van der Waals surface area (Å²) in [6, 6.07) is 5.03. The van der Waals surface area contributed by atoms with Crippen LogP contribution in [-0.2, 0) is 0 Å². The molecule has 0 N–H and O–H groups in total. The van der Waals surface area contributed by atoms with E-state index < -0.39 is 0 Å². The van der Waals surface area contributed by atoms with Gasteiger partial charge in [-0.3, -0.25) is 4.79 Å². The first-order valence-electron chi connectivity index (χ1n) is 3.10. The Bertz CT molecular complexity index is 306. The number of carbonyl (C=O) groups is 1. The molecule has 0 aliphatic rings. The molecule has 4 heteroatoms. The summed E-state index contributed by atoms with van der Waals surface area (Å²) in [5.74, 6) is 0.0141. The quantitative estimate of drug-likeness (QED) is 0.391. The zero-order chi connectivity index (χ0) is 8.43. The molecule has 0 aliphatic heterocycles. The van der Waals surface area contributed by atoms with Crippen molar-refractivity contribution < 1.29 is 35.8 Å². The van der Waals surface area contributed by atoms with Crippen LogP contribution in [0.2, 0.25) is 5.02 Å². The molecule has 12 heavy (non-hydrogen) atoms. The largest absolute Gasteiger partial charge is 1.00 e. The molecular weight excluding hydrogens is 203 g/mol. The Morgan fingerprint density at radius 2 is 2.17 bits per heavy atom. The summed E-state index contributed by atoms with van der Waals surface area (Å²) in [6.07, 6.45) is 0. The first-order valence-corrected chi connectivity index (χ1v) is 3.93. The van der Waals surface area contributed by atoms with Crippen LogP contribution in [-0.4, -0.2) is 5.78 Å². The van der Waals surface area contributed by atoms with Crippen LogP contribution in [0.25, 0.3) is 0 Å². The van der Waals surface area contributed by atoms with Crippen molar-refractivity contribution in [2.75, 3.05) is 0 Å². The van der Waals surface area contributed by atoms with Crippen LogP contribution in [0.3, 0.4) is 0 Å². The number of benzene rings is 1. The van der Waals surface area contributed by atoms with E-state index in [1.807, 2.05) is 0 Å². The van der Waals surface area contributed by atoms with Gasteiger partial charge < -0.3 is 1.43 Å². The Morgan fingerprint density at radius 1 is 1.58 bits per heavy atom. The standard InChI is InChI=1S/C8H7ClOS.Na.H/c1-5(10)6-2-3-8(11)7(9)4-6;;/h2-4,11H,1H3;;/q;+1;-1. The van der Waals surface area contributed by atoms with Gasteiger partial charge in [0.2, 0.25) is 0 Å². The molecule has 0 aromatic heterocycles. The molecule has 1 aromatic rings. The van der Waals surface area contributed by atoms with Crippen LogP contribution in [0, 0.1) is 0 Å². The third-order valence-electron chi connectivity index (χ3n) is 1.35. The average Bonchev–Trinajstić information content (AvgIpc) is 1.94. The molecule has 0 aliphatic carbocycles. The van der Waals surface area contributed by atoms with Crippen molar-refractivity contribution in [1.82, 2.24) is 0 Å². The number of hydrogen-bond acceptors (Lipinski definition) is 2. The van der Waals surface area contributed by atoms with Gasteiger partial charge >= 0.3 is 29.6 Å². The van der Waals surface area contributed by atoms with Gasteiger partial charge in [-0.2, -0.15) is 0 Å². The van der Waals surface area contributed by atoms with Crippen molar-refractivity contribution in [3.05, 3.63) is 28.8 Å². The van der Waals surface area contributed by atoms with Crippen LogP contribution < -0.4 is 29.6 Å². The number of hydrogen-bond donors (Lipinski definition) is 1. The van der Waals surface area contributed by atoms with Gasteiger partial charge in [-0.05, 0) is 19.1 Å². The summed E-state index contributed by atoms with van der Waals surface area (Å²) in [5.41, 5.74) is 0.618. The SMILES string of the molecule is CC(=O)c1ccc(S)c(Cl)c1.[H-].[Na+]. The topological polar surface area (TPSA) is 17.1 Å². The Balaban J connectivity index is 0. The van der Waals surface area contributed by atoms with E-state index in [9.17, 15) is 4.79 Å². The maximum atomic E-state index is 10.8. The predicted molar refractivity (Wildman–Crippen MR) is 49.8 cm³/mol. The van der Waals surface area contributed by atoms with E-state index in [0.717, 1.165) is 0 Å². The molecule has 0 spiro atoms. The van der Waals surface area contributed by atoms with E-state index in [2.05, 4.69) is 12.6 Å². The van der Waals surface area contributed by atoms with Crippen molar-refractivity contribution in [3.8, 4) is 0 Å². The summed E-state index contributed by atoms with van der Waals surface area (Å²) in [7, 11) is 0. The molecular formula is C8H8ClNaOS. The molecule has 0 bridgehead atoms. The van der Waals surface area contributed by atoms with Crippen LogP contribution >= 0.6 is 24.2 Å². The van der Waals surface area contributed by atoms with E-state index in [-0.39, 0.29) is 36.8 Å². The number of carbonyl (C=O) groups excluding carboxylic acids is 1. The van der Waals surface area contributed by atoms with Gasteiger partial charge in [-0.25, -0.2) is 0 Å². The van der Waals surface area contributed by atoms with Crippen LogP contribution in [0.4, 0.5) is 0 Å². The molecule has 0 unspecified atom stereocenters. The van der Waals surface area contributed by atoms with E-state index >= 15 is 0 Å². The maximum absolute atomic E-state index is 10.8. The van der Waals surface area contributed by atoms with Crippen molar-refractivity contribution in [1.29, 1.82) is 0 Å². The van der Waals surface area contributed by atoms with Crippen molar-refractivity contribution in [2.24, 2.45) is 0 Å². The average molecular weight is 211 g/mol. The van der Waals surface area contributed by atoms with E-state index in [1.54, 1.807) is 18.2 Å². The second-order valence-corrected chi connectivity index (χ2v) is 3.11. The van der Waals surface area contributed by atoms with Crippen molar-refractivity contribution >= 4 is 30.0 Å². The smallest absolute Gasteiger partial charge is 1.00 e. The molecule has 0 fully saturated rings. The first-order chi connectivity index (χ1) is 5.11. The third kappa shape index (κ3) is 3.11. The minimum atomic E-state index is 0. The van der Waals surface area contributed by atoms with Gasteiger partial charge in [0, 0.05) is 10.5 Å². The zero-order valence-corrected chi connectivity index (χ0v) is 10.6. The molecule has 0 atom stereocenters. The van der Waals surface area contributed by atoms with E-state index in [1.165, 1.54) is 6.92 Å². The molecule has 0 heterocycles. The van der Waals surface area contributed by atoms with E-state index in [0.29, 0.717) is 15.5 Å². The van der Waals surface area contributed by atoms with Gasteiger partial charge in [-0.1, -0.05) is 17.7 Å². The minimum absolute atomic E-state index is 0. The molecule has 1 aromatic carbocycles. The Morgan fingerprint density at radius 3 is 2.58 bits per heavy atom. The molecule has 1 rings (SSSR count). The Labute approximate surface area is 106 Å². The normalized spacial score (nSPS) is 8.92. The van der Waals surface area contributed by atoms with E-state index in [4.69, 9.17) is 11.6 Å². The van der Waals surface area contributed by atoms with Gasteiger partial charge in [-0.15, -0.1) is 12.6 Å². The Hall–Kier alpha value is 0.530. The second kappa shape index (κ2) is 5.30. The van der Waals surface area contributed by atoms with Crippen molar-refractivity contribution in [2.45, 2.75) is 11.8 Å². The monoisotopic (exact) mass is 210 g/mol.